The molecule has 2 rings (SSSR count). The van der Waals surface area contributed by atoms with E-state index in [1.807, 2.05) is 11.3 Å². The molecule has 1 aliphatic carbocycles. The molecule has 0 aromatic carbocycles. The van der Waals surface area contributed by atoms with Gasteiger partial charge in [-0.1, -0.05) is 0 Å². The number of hydrogen-bond donors (Lipinski definition) is 2. The molecule has 0 saturated carbocycles. The zero-order valence-corrected chi connectivity index (χ0v) is 9.33. The highest BCUT2D eigenvalue weighted by molar-refractivity contribution is 7.12. The maximum absolute atomic E-state index is 5.43. The predicted molar refractivity (Wildman–Crippen MR) is 61.7 cm³/mol. The van der Waals surface area contributed by atoms with Crippen molar-refractivity contribution in [1.82, 2.24) is 5.32 Å². The molecule has 0 unspecified atom stereocenters. The van der Waals surface area contributed by atoms with Gasteiger partial charge in [0.1, 0.15) is 0 Å². The fourth-order valence-electron chi connectivity index (χ4n) is 1.92. The van der Waals surface area contributed by atoms with E-state index < -0.39 is 0 Å². The van der Waals surface area contributed by atoms with Gasteiger partial charge < -0.3 is 11.1 Å². The molecule has 2 nitrogen and oxygen atoms in total. The fraction of sp³-hybridized carbons (Fsp3) is 0.636. The summed E-state index contributed by atoms with van der Waals surface area (Å²) in [6, 6.07) is 2.38. The first kappa shape index (κ1) is 10.1. The Morgan fingerprint density at radius 1 is 1.43 bits per heavy atom. The van der Waals surface area contributed by atoms with Crippen LogP contribution in [0.5, 0.6) is 0 Å². The molecular weight excluding hydrogens is 192 g/mol. The zero-order valence-electron chi connectivity index (χ0n) is 8.51. The summed E-state index contributed by atoms with van der Waals surface area (Å²) in [5.74, 6) is 0. The molecule has 1 aliphatic rings. The highest BCUT2D eigenvalue weighted by atomic mass is 32.1. The molecule has 0 fully saturated rings. The van der Waals surface area contributed by atoms with Crippen molar-refractivity contribution in [2.24, 2.45) is 5.73 Å². The number of fused-ring (bicyclic) bond motifs is 1. The van der Waals surface area contributed by atoms with Crippen LogP contribution in [-0.2, 0) is 19.4 Å². The lowest BCUT2D eigenvalue weighted by Crippen LogP contribution is -2.17. The van der Waals surface area contributed by atoms with Gasteiger partial charge in [0.2, 0.25) is 0 Å². The summed E-state index contributed by atoms with van der Waals surface area (Å²) in [5, 5.41) is 3.42. The van der Waals surface area contributed by atoms with E-state index in [1.54, 1.807) is 10.4 Å². The standard InChI is InChI=1S/C11H18N2S/c12-5-2-6-13-8-10-7-9-3-1-4-11(9)14-10/h7,13H,1-6,8,12H2. The SMILES string of the molecule is NCCCNCc1cc2c(s1)CCC2. The third-order valence-electron chi connectivity index (χ3n) is 2.65. The molecular formula is C11H18N2S. The summed E-state index contributed by atoms with van der Waals surface area (Å²) in [6.45, 7) is 2.85. The Labute approximate surface area is 89.5 Å². The first-order valence-electron chi connectivity index (χ1n) is 5.41. The van der Waals surface area contributed by atoms with E-state index in [4.69, 9.17) is 5.73 Å². The van der Waals surface area contributed by atoms with Gasteiger partial charge in [0, 0.05) is 16.3 Å². The van der Waals surface area contributed by atoms with Crippen molar-refractivity contribution in [3.63, 3.8) is 0 Å². The van der Waals surface area contributed by atoms with Gasteiger partial charge in [-0.05, 0) is 50.4 Å². The van der Waals surface area contributed by atoms with Gasteiger partial charge in [-0.15, -0.1) is 11.3 Å². The first-order chi connectivity index (χ1) is 6.90. The van der Waals surface area contributed by atoms with Gasteiger partial charge in [0.05, 0.1) is 0 Å². The van der Waals surface area contributed by atoms with E-state index in [2.05, 4.69) is 11.4 Å². The van der Waals surface area contributed by atoms with Crippen LogP contribution in [0, 0.1) is 0 Å². The van der Waals surface area contributed by atoms with Crippen molar-refractivity contribution in [1.29, 1.82) is 0 Å². The van der Waals surface area contributed by atoms with Crippen LogP contribution in [-0.4, -0.2) is 13.1 Å². The maximum atomic E-state index is 5.43. The molecule has 3 heteroatoms. The van der Waals surface area contributed by atoms with Crippen molar-refractivity contribution >= 4 is 11.3 Å². The van der Waals surface area contributed by atoms with Gasteiger partial charge in [0.15, 0.2) is 0 Å². The summed E-state index contributed by atoms with van der Waals surface area (Å²) in [4.78, 5) is 3.12. The third kappa shape index (κ3) is 2.35. The second-order valence-corrected chi connectivity index (χ2v) is 5.05. The third-order valence-corrected chi connectivity index (χ3v) is 3.89. The Balaban J connectivity index is 1.79. The normalized spacial score (nSPS) is 14.6. The molecule has 14 heavy (non-hydrogen) atoms. The first-order valence-corrected chi connectivity index (χ1v) is 6.23. The van der Waals surface area contributed by atoms with E-state index in [-0.39, 0.29) is 0 Å². The molecule has 78 valence electrons. The summed E-state index contributed by atoms with van der Waals surface area (Å²) >= 11 is 1.99. The predicted octanol–water partition coefficient (Wildman–Crippen LogP) is 1.68. The lowest BCUT2D eigenvalue weighted by Gasteiger charge is -2.00. The molecule has 0 radical (unpaired) electrons. The van der Waals surface area contributed by atoms with Crippen molar-refractivity contribution in [3.8, 4) is 0 Å². The molecule has 1 aromatic heterocycles. The lowest BCUT2D eigenvalue weighted by molar-refractivity contribution is 0.660. The summed E-state index contributed by atoms with van der Waals surface area (Å²) in [5.41, 5.74) is 7.03. The second kappa shape index (κ2) is 4.91. The van der Waals surface area contributed by atoms with Crippen LogP contribution >= 0.6 is 11.3 Å². The van der Waals surface area contributed by atoms with Gasteiger partial charge in [-0.2, -0.15) is 0 Å². The quantitative estimate of drug-likeness (QED) is 0.726. The summed E-state index contributed by atoms with van der Waals surface area (Å²) < 4.78 is 0. The number of nitrogens with two attached hydrogens (primary N) is 1. The highest BCUT2D eigenvalue weighted by Crippen LogP contribution is 2.30. The van der Waals surface area contributed by atoms with Gasteiger partial charge in [-0.25, -0.2) is 0 Å². The van der Waals surface area contributed by atoms with Crippen LogP contribution < -0.4 is 11.1 Å². The topological polar surface area (TPSA) is 38.0 Å². The molecule has 0 atom stereocenters. The van der Waals surface area contributed by atoms with Crippen LogP contribution in [0.25, 0.3) is 0 Å². The van der Waals surface area contributed by atoms with Crippen LogP contribution in [0.4, 0.5) is 0 Å². The Morgan fingerprint density at radius 2 is 2.36 bits per heavy atom. The molecule has 0 saturated heterocycles. The number of rotatable bonds is 5. The van der Waals surface area contributed by atoms with Crippen LogP contribution in [0.1, 0.15) is 28.2 Å². The van der Waals surface area contributed by atoms with Crippen molar-refractivity contribution in [2.75, 3.05) is 13.1 Å². The van der Waals surface area contributed by atoms with Gasteiger partial charge in [-0.3, -0.25) is 0 Å². The molecule has 0 spiro atoms. The zero-order chi connectivity index (χ0) is 9.80. The van der Waals surface area contributed by atoms with Gasteiger partial charge >= 0.3 is 0 Å². The van der Waals surface area contributed by atoms with Crippen LogP contribution in [0.15, 0.2) is 6.07 Å². The molecule has 0 bridgehead atoms. The molecule has 1 aromatic rings. The average molecular weight is 210 g/mol. The molecule has 0 amide bonds. The number of thiophene rings is 1. The second-order valence-electron chi connectivity index (χ2n) is 3.83. The summed E-state index contributed by atoms with van der Waals surface area (Å²) in [7, 11) is 0. The number of nitrogens with one attached hydrogen (secondary N) is 1. The summed E-state index contributed by atoms with van der Waals surface area (Å²) in [6.07, 6.45) is 5.05. The van der Waals surface area contributed by atoms with Crippen molar-refractivity contribution in [3.05, 3.63) is 21.4 Å². The van der Waals surface area contributed by atoms with E-state index >= 15 is 0 Å². The Kier molecular flexibility index (Phi) is 3.56. The molecule has 3 N–H and O–H groups in total. The van der Waals surface area contributed by atoms with E-state index in [0.717, 1.165) is 26.1 Å². The minimum atomic E-state index is 0.786. The average Bonchev–Trinajstić information content (AvgIpc) is 2.72. The number of aryl methyl sites for hydroxylation is 2. The van der Waals surface area contributed by atoms with Gasteiger partial charge in [0.25, 0.3) is 0 Å². The van der Waals surface area contributed by atoms with E-state index in [0.29, 0.717) is 0 Å². The van der Waals surface area contributed by atoms with Crippen molar-refractivity contribution < 1.29 is 0 Å². The van der Waals surface area contributed by atoms with E-state index in [1.165, 1.54) is 24.1 Å². The van der Waals surface area contributed by atoms with Crippen molar-refractivity contribution in [2.45, 2.75) is 32.2 Å². The molecule has 1 heterocycles. The fourth-order valence-corrected chi connectivity index (χ4v) is 3.15. The lowest BCUT2D eigenvalue weighted by atomic mass is 10.2. The monoisotopic (exact) mass is 210 g/mol. The number of hydrogen-bond acceptors (Lipinski definition) is 3. The Morgan fingerprint density at radius 3 is 3.14 bits per heavy atom. The smallest absolute Gasteiger partial charge is 0.0299 e. The molecule has 0 aliphatic heterocycles. The Hall–Kier alpha value is -0.380. The minimum Gasteiger partial charge on any atom is -0.330 e. The Bertz CT molecular complexity index is 272. The van der Waals surface area contributed by atoms with E-state index in [9.17, 15) is 0 Å². The largest absolute Gasteiger partial charge is 0.330 e. The maximum Gasteiger partial charge on any atom is 0.0299 e. The minimum absolute atomic E-state index is 0.786. The van der Waals surface area contributed by atoms with Crippen LogP contribution in [0.3, 0.4) is 0 Å². The van der Waals surface area contributed by atoms with Crippen LogP contribution in [0.2, 0.25) is 0 Å². The highest BCUT2D eigenvalue weighted by Gasteiger charge is 2.13.